The van der Waals surface area contributed by atoms with Gasteiger partial charge >= 0.3 is 0 Å². The van der Waals surface area contributed by atoms with Crippen molar-refractivity contribution in [2.24, 2.45) is 0 Å². The molecule has 0 saturated carbocycles. The number of aryl methyl sites for hydroxylation is 2. The fourth-order valence-corrected chi connectivity index (χ4v) is 4.12. The number of nitrogens with one attached hydrogen (secondary N) is 2. The first-order valence-electron chi connectivity index (χ1n) is 10.2. The van der Waals surface area contributed by atoms with Crippen LogP contribution in [-0.2, 0) is 9.59 Å². The summed E-state index contributed by atoms with van der Waals surface area (Å²) in [6.45, 7) is 3.89. The molecule has 0 bridgehead atoms. The van der Waals surface area contributed by atoms with Gasteiger partial charge in [0.15, 0.2) is 0 Å². The van der Waals surface area contributed by atoms with Crippen LogP contribution in [0, 0.1) is 13.8 Å². The summed E-state index contributed by atoms with van der Waals surface area (Å²) >= 11 is 18.4. The highest BCUT2D eigenvalue weighted by Gasteiger charge is 2.40. The summed E-state index contributed by atoms with van der Waals surface area (Å²) in [4.78, 5) is 39.4. The predicted octanol–water partition coefficient (Wildman–Crippen LogP) is 6.30. The standard InChI is InChI=1S/C25H18Cl3N3O3/c1-13-9-10-18(14(2)11-13)30-23(32)15-5-3-6-16(12-15)29-22-21(28)24(33)31(25(22)34)19-8-4-7-17(26)20(19)27/h3-12,29H,1-2H3,(H,30,32). The highest BCUT2D eigenvalue weighted by Crippen LogP contribution is 2.37. The van der Waals surface area contributed by atoms with E-state index >= 15 is 0 Å². The Labute approximate surface area is 211 Å². The molecule has 0 fully saturated rings. The van der Waals surface area contributed by atoms with E-state index in [4.69, 9.17) is 34.8 Å². The van der Waals surface area contributed by atoms with Crippen molar-refractivity contribution in [2.75, 3.05) is 15.5 Å². The Hall–Kier alpha value is -3.32. The molecule has 34 heavy (non-hydrogen) atoms. The van der Waals surface area contributed by atoms with E-state index in [-0.39, 0.29) is 32.4 Å². The van der Waals surface area contributed by atoms with E-state index in [1.165, 1.54) is 6.07 Å². The Balaban J connectivity index is 1.56. The van der Waals surface area contributed by atoms with E-state index in [1.807, 2.05) is 32.0 Å². The zero-order valence-electron chi connectivity index (χ0n) is 18.1. The summed E-state index contributed by atoms with van der Waals surface area (Å²) in [5.41, 5.74) is 3.49. The minimum absolute atomic E-state index is 0.0571. The molecule has 0 atom stereocenters. The first-order valence-corrected chi connectivity index (χ1v) is 11.3. The van der Waals surface area contributed by atoms with Gasteiger partial charge in [-0.1, -0.05) is 64.6 Å². The molecule has 0 spiro atoms. The van der Waals surface area contributed by atoms with Gasteiger partial charge in [0.2, 0.25) is 0 Å². The third-order valence-electron chi connectivity index (χ3n) is 5.22. The maximum Gasteiger partial charge on any atom is 0.283 e. The van der Waals surface area contributed by atoms with E-state index in [9.17, 15) is 14.4 Å². The van der Waals surface area contributed by atoms with Gasteiger partial charge in [0.25, 0.3) is 17.7 Å². The Kier molecular flexibility index (Phi) is 6.66. The number of hydrogen-bond donors (Lipinski definition) is 2. The fraction of sp³-hybridized carbons (Fsp3) is 0.0800. The van der Waals surface area contributed by atoms with Crippen LogP contribution in [0.1, 0.15) is 21.5 Å². The fourth-order valence-electron chi connectivity index (χ4n) is 3.53. The van der Waals surface area contributed by atoms with Gasteiger partial charge in [-0.2, -0.15) is 0 Å². The molecule has 6 nitrogen and oxygen atoms in total. The number of carbonyl (C=O) groups excluding carboxylic acids is 3. The average Bonchev–Trinajstić information content (AvgIpc) is 3.01. The average molecular weight is 515 g/mol. The molecule has 0 saturated heterocycles. The molecule has 3 amide bonds. The normalized spacial score (nSPS) is 13.5. The summed E-state index contributed by atoms with van der Waals surface area (Å²) < 4.78 is 0. The van der Waals surface area contributed by atoms with E-state index in [2.05, 4.69) is 10.6 Å². The first-order chi connectivity index (χ1) is 16.2. The van der Waals surface area contributed by atoms with Crippen LogP contribution in [0.15, 0.2) is 71.4 Å². The molecular formula is C25H18Cl3N3O3. The van der Waals surface area contributed by atoms with Crippen molar-refractivity contribution in [3.8, 4) is 0 Å². The number of carbonyl (C=O) groups is 3. The van der Waals surface area contributed by atoms with Gasteiger partial charge in [0.05, 0.1) is 15.7 Å². The monoisotopic (exact) mass is 513 g/mol. The SMILES string of the molecule is Cc1ccc(NC(=O)c2cccc(NC3=C(Cl)C(=O)N(c4cccc(Cl)c4Cl)C3=O)c2)c(C)c1. The summed E-state index contributed by atoms with van der Waals surface area (Å²) in [6, 6.07) is 16.8. The second-order valence-corrected chi connectivity index (χ2v) is 8.85. The third kappa shape index (κ3) is 4.53. The molecule has 0 aliphatic carbocycles. The lowest BCUT2D eigenvalue weighted by Gasteiger charge is -2.17. The Morgan fingerprint density at radius 2 is 1.62 bits per heavy atom. The van der Waals surface area contributed by atoms with Gasteiger partial charge in [-0.25, -0.2) is 4.90 Å². The molecule has 0 aromatic heterocycles. The number of benzene rings is 3. The molecule has 0 unspecified atom stereocenters. The molecule has 0 radical (unpaired) electrons. The maximum absolute atomic E-state index is 13.0. The summed E-state index contributed by atoms with van der Waals surface area (Å²) in [5, 5.41) is 5.69. The lowest BCUT2D eigenvalue weighted by Crippen LogP contribution is -2.32. The van der Waals surface area contributed by atoms with Crippen LogP contribution < -0.4 is 15.5 Å². The number of rotatable bonds is 5. The number of hydrogen-bond acceptors (Lipinski definition) is 4. The quantitative estimate of drug-likeness (QED) is 0.392. The zero-order chi connectivity index (χ0) is 24.6. The van der Waals surface area contributed by atoms with Crippen molar-refractivity contribution >= 4 is 69.6 Å². The molecule has 1 heterocycles. The minimum atomic E-state index is -0.734. The van der Waals surface area contributed by atoms with Crippen LogP contribution >= 0.6 is 34.8 Å². The lowest BCUT2D eigenvalue weighted by atomic mass is 10.1. The molecule has 2 N–H and O–H groups in total. The molecular weight excluding hydrogens is 497 g/mol. The van der Waals surface area contributed by atoms with E-state index in [0.717, 1.165) is 16.0 Å². The van der Waals surface area contributed by atoms with Crippen LogP contribution in [0.4, 0.5) is 17.1 Å². The van der Waals surface area contributed by atoms with Crippen LogP contribution in [0.25, 0.3) is 0 Å². The van der Waals surface area contributed by atoms with Crippen molar-refractivity contribution in [1.29, 1.82) is 0 Å². The lowest BCUT2D eigenvalue weighted by molar-refractivity contribution is -0.120. The predicted molar refractivity (Wildman–Crippen MR) is 136 cm³/mol. The summed E-state index contributed by atoms with van der Waals surface area (Å²) in [5.74, 6) is -1.75. The zero-order valence-corrected chi connectivity index (χ0v) is 20.3. The molecule has 1 aliphatic heterocycles. The van der Waals surface area contributed by atoms with Crippen LogP contribution in [0.5, 0.6) is 0 Å². The van der Waals surface area contributed by atoms with Crippen LogP contribution in [0.2, 0.25) is 10.0 Å². The van der Waals surface area contributed by atoms with Crippen molar-refractivity contribution in [1.82, 2.24) is 0 Å². The molecule has 4 rings (SSSR count). The van der Waals surface area contributed by atoms with Crippen LogP contribution in [-0.4, -0.2) is 17.7 Å². The van der Waals surface area contributed by atoms with E-state index in [1.54, 1.807) is 36.4 Å². The Morgan fingerprint density at radius 3 is 2.35 bits per heavy atom. The molecule has 1 aliphatic rings. The van der Waals surface area contributed by atoms with Gasteiger partial charge in [-0.05, 0) is 55.8 Å². The smallest absolute Gasteiger partial charge is 0.283 e. The van der Waals surface area contributed by atoms with Crippen molar-refractivity contribution in [2.45, 2.75) is 13.8 Å². The van der Waals surface area contributed by atoms with Gasteiger partial charge < -0.3 is 10.6 Å². The number of amides is 3. The largest absolute Gasteiger partial charge is 0.350 e. The molecule has 3 aromatic carbocycles. The Bertz CT molecular complexity index is 1380. The van der Waals surface area contributed by atoms with E-state index in [0.29, 0.717) is 16.9 Å². The van der Waals surface area contributed by atoms with Crippen LogP contribution in [0.3, 0.4) is 0 Å². The first kappa shape index (κ1) is 23.8. The number of nitrogens with zero attached hydrogens (tertiary/aromatic N) is 1. The Morgan fingerprint density at radius 1 is 0.882 bits per heavy atom. The highest BCUT2D eigenvalue weighted by molar-refractivity contribution is 6.54. The van der Waals surface area contributed by atoms with Crippen molar-refractivity contribution in [3.05, 3.63) is 98.1 Å². The second-order valence-electron chi connectivity index (χ2n) is 7.69. The van der Waals surface area contributed by atoms with Gasteiger partial charge in [0.1, 0.15) is 10.7 Å². The molecule has 3 aromatic rings. The van der Waals surface area contributed by atoms with Crippen molar-refractivity contribution in [3.63, 3.8) is 0 Å². The van der Waals surface area contributed by atoms with Gasteiger partial charge in [-0.3, -0.25) is 14.4 Å². The van der Waals surface area contributed by atoms with Crippen molar-refractivity contribution < 1.29 is 14.4 Å². The number of halogens is 3. The minimum Gasteiger partial charge on any atom is -0.350 e. The van der Waals surface area contributed by atoms with E-state index < -0.39 is 11.8 Å². The number of imide groups is 1. The second kappa shape index (κ2) is 9.50. The number of anilines is 3. The van der Waals surface area contributed by atoms with Gasteiger partial charge in [0, 0.05) is 16.9 Å². The molecule has 172 valence electrons. The molecule has 9 heteroatoms. The van der Waals surface area contributed by atoms with Gasteiger partial charge in [-0.15, -0.1) is 0 Å². The summed E-state index contributed by atoms with van der Waals surface area (Å²) in [6.07, 6.45) is 0. The maximum atomic E-state index is 13.0. The topological polar surface area (TPSA) is 78.5 Å². The third-order valence-corrected chi connectivity index (χ3v) is 6.38. The highest BCUT2D eigenvalue weighted by atomic mass is 35.5. The summed E-state index contributed by atoms with van der Waals surface area (Å²) in [7, 11) is 0.